The lowest BCUT2D eigenvalue weighted by Crippen LogP contribution is -2.12. The first-order chi connectivity index (χ1) is 6.15. The van der Waals surface area contributed by atoms with E-state index < -0.39 is 5.97 Å². The Morgan fingerprint density at radius 2 is 2.00 bits per heavy atom. The molecule has 0 amide bonds. The Morgan fingerprint density at radius 1 is 1.31 bits per heavy atom. The number of nitrogens with zero attached hydrogens (tertiary/aromatic N) is 3. The molecule has 0 unspecified atom stereocenters. The van der Waals surface area contributed by atoms with Crippen molar-refractivity contribution < 1.29 is 9.53 Å². The van der Waals surface area contributed by atoms with Crippen LogP contribution in [0.15, 0.2) is 0 Å². The van der Waals surface area contributed by atoms with Gasteiger partial charge in [0.25, 0.3) is 5.82 Å². The number of rotatable bonds is 2. The van der Waals surface area contributed by atoms with Gasteiger partial charge in [-0.25, -0.2) is 9.78 Å². The molecule has 0 aliphatic rings. The summed E-state index contributed by atoms with van der Waals surface area (Å²) in [5.74, 6) is -0.511. The SMILES string of the molecule is CCOC(=O)c1nnc(C)c(C)n1. The number of esters is 1. The number of hydrogen-bond acceptors (Lipinski definition) is 5. The topological polar surface area (TPSA) is 65.0 Å². The molecule has 1 rings (SSSR count). The normalized spacial score (nSPS) is 9.77. The first-order valence-corrected chi connectivity index (χ1v) is 4.00. The largest absolute Gasteiger partial charge is 0.460 e. The number of carbonyl (C=O) groups excluding carboxylic acids is 1. The van der Waals surface area contributed by atoms with Crippen molar-refractivity contribution in [1.29, 1.82) is 0 Å². The van der Waals surface area contributed by atoms with Crippen molar-refractivity contribution in [3.8, 4) is 0 Å². The average molecular weight is 181 g/mol. The lowest BCUT2D eigenvalue weighted by molar-refractivity contribution is 0.0510. The molecule has 0 spiro atoms. The van der Waals surface area contributed by atoms with Crippen molar-refractivity contribution in [2.75, 3.05) is 6.61 Å². The molecule has 1 heterocycles. The highest BCUT2D eigenvalue weighted by molar-refractivity contribution is 5.84. The van der Waals surface area contributed by atoms with E-state index in [9.17, 15) is 4.79 Å². The average Bonchev–Trinajstić information content (AvgIpc) is 2.10. The standard InChI is InChI=1S/C8H11N3O2/c1-4-13-8(12)7-9-5(2)6(3)10-11-7/h4H2,1-3H3. The summed E-state index contributed by atoms with van der Waals surface area (Å²) in [5.41, 5.74) is 1.41. The fraction of sp³-hybridized carbons (Fsp3) is 0.500. The Bertz CT molecular complexity index is 325. The third kappa shape index (κ3) is 2.21. The van der Waals surface area contributed by atoms with Gasteiger partial charge in [-0.05, 0) is 20.8 Å². The molecule has 5 nitrogen and oxygen atoms in total. The Morgan fingerprint density at radius 3 is 2.54 bits per heavy atom. The molecule has 5 heteroatoms. The second kappa shape index (κ2) is 3.93. The van der Waals surface area contributed by atoms with E-state index >= 15 is 0 Å². The van der Waals surface area contributed by atoms with Crippen molar-refractivity contribution in [3.05, 3.63) is 17.2 Å². The zero-order valence-electron chi connectivity index (χ0n) is 7.87. The molecular weight excluding hydrogens is 170 g/mol. The minimum Gasteiger partial charge on any atom is -0.460 e. The second-order valence-electron chi connectivity index (χ2n) is 2.53. The van der Waals surface area contributed by atoms with Crippen LogP contribution in [0.3, 0.4) is 0 Å². The van der Waals surface area contributed by atoms with E-state index in [1.807, 2.05) is 0 Å². The Labute approximate surface area is 76.2 Å². The molecule has 0 aliphatic carbocycles. The smallest absolute Gasteiger partial charge is 0.378 e. The summed E-state index contributed by atoms with van der Waals surface area (Å²) in [5, 5.41) is 7.39. The molecule has 0 saturated heterocycles. The maximum Gasteiger partial charge on any atom is 0.378 e. The zero-order valence-corrected chi connectivity index (χ0v) is 7.87. The van der Waals surface area contributed by atoms with Crippen LogP contribution in [0.4, 0.5) is 0 Å². The van der Waals surface area contributed by atoms with E-state index in [0.717, 1.165) is 0 Å². The van der Waals surface area contributed by atoms with Gasteiger partial charge >= 0.3 is 5.97 Å². The van der Waals surface area contributed by atoms with Gasteiger partial charge in [-0.2, -0.15) is 5.10 Å². The molecular formula is C8H11N3O2. The van der Waals surface area contributed by atoms with Gasteiger partial charge in [0.1, 0.15) is 0 Å². The maximum atomic E-state index is 11.1. The summed E-state index contributed by atoms with van der Waals surface area (Å²) in [6.07, 6.45) is 0. The van der Waals surface area contributed by atoms with Crippen LogP contribution >= 0.6 is 0 Å². The first kappa shape index (κ1) is 9.57. The van der Waals surface area contributed by atoms with Crippen LogP contribution in [-0.2, 0) is 4.74 Å². The molecule has 0 radical (unpaired) electrons. The quantitative estimate of drug-likeness (QED) is 0.627. The van der Waals surface area contributed by atoms with Crippen molar-refractivity contribution in [1.82, 2.24) is 15.2 Å². The van der Waals surface area contributed by atoms with Crippen molar-refractivity contribution >= 4 is 5.97 Å². The molecule has 1 aromatic rings. The number of aryl methyl sites for hydroxylation is 2. The fourth-order valence-electron chi connectivity index (χ4n) is 0.739. The number of aromatic nitrogens is 3. The predicted molar refractivity (Wildman–Crippen MR) is 45.3 cm³/mol. The van der Waals surface area contributed by atoms with Crippen LogP contribution in [-0.4, -0.2) is 27.8 Å². The molecule has 0 bridgehead atoms. The molecule has 0 aliphatic heterocycles. The number of hydrogen-bond donors (Lipinski definition) is 0. The van der Waals surface area contributed by atoms with Crippen molar-refractivity contribution in [2.45, 2.75) is 20.8 Å². The summed E-state index contributed by atoms with van der Waals surface area (Å²) >= 11 is 0. The molecule has 0 atom stereocenters. The lowest BCUT2D eigenvalue weighted by atomic mass is 10.4. The first-order valence-electron chi connectivity index (χ1n) is 4.00. The van der Waals surface area contributed by atoms with Crippen LogP contribution < -0.4 is 0 Å². The highest BCUT2D eigenvalue weighted by atomic mass is 16.5. The van der Waals surface area contributed by atoms with E-state index in [2.05, 4.69) is 15.2 Å². The van der Waals surface area contributed by atoms with Crippen LogP contribution in [0, 0.1) is 13.8 Å². The summed E-state index contributed by atoms with van der Waals surface area (Å²) in [6.45, 7) is 5.60. The Hall–Kier alpha value is -1.52. The minimum atomic E-state index is -0.530. The minimum absolute atomic E-state index is 0.0185. The van der Waals surface area contributed by atoms with Gasteiger partial charge in [-0.15, -0.1) is 5.10 Å². The highest BCUT2D eigenvalue weighted by Crippen LogP contribution is 1.99. The summed E-state index contributed by atoms with van der Waals surface area (Å²) < 4.78 is 4.72. The summed E-state index contributed by atoms with van der Waals surface area (Å²) in [6, 6.07) is 0. The fourth-order valence-corrected chi connectivity index (χ4v) is 0.739. The molecule has 1 aromatic heterocycles. The Kier molecular flexibility index (Phi) is 2.89. The molecule has 0 saturated carbocycles. The second-order valence-corrected chi connectivity index (χ2v) is 2.53. The third-order valence-corrected chi connectivity index (χ3v) is 1.55. The third-order valence-electron chi connectivity index (χ3n) is 1.55. The van der Waals surface area contributed by atoms with Gasteiger partial charge in [0.05, 0.1) is 18.0 Å². The van der Waals surface area contributed by atoms with E-state index in [1.165, 1.54) is 0 Å². The van der Waals surface area contributed by atoms with E-state index in [4.69, 9.17) is 4.74 Å². The number of carbonyl (C=O) groups is 1. The molecule has 13 heavy (non-hydrogen) atoms. The predicted octanol–water partition coefficient (Wildman–Crippen LogP) is 0.665. The van der Waals surface area contributed by atoms with Gasteiger partial charge in [0.15, 0.2) is 0 Å². The maximum absolute atomic E-state index is 11.1. The lowest BCUT2D eigenvalue weighted by Gasteiger charge is -2.00. The highest BCUT2D eigenvalue weighted by Gasteiger charge is 2.11. The number of ether oxygens (including phenoxy) is 1. The molecule has 70 valence electrons. The van der Waals surface area contributed by atoms with Crippen LogP contribution in [0.2, 0.25) is 0 Å². The zero-order chi connectivity index (χ0) is 9.84. The van der Waals surface area contributed by atoms with Crippen LogP contribution in [0.1, 0.15) is 28.9 Å². The van der Waals surface area contributed by atoms with Gasteiger partial charge in [-0.3, -0.25) is 0 Å². The van der Waals surface area contributed by atoms with Crippen LogP contribution in [0.25, 0.3) is 0 Å². The summed E-state index contributed by atoms with van der Waals surface area (Å²) in [4.78, 5) is 15.1. The molecule has 0 fully saturated rings. The van der Waals surface area contributed by atoms with Gasteiger partial charge in [-0.1, -0.05) is 0 Å². The molecule has 0 aromatic carbocycles. The van der Waals surface area contributed by atoms with E-state index in [0.29, 0.717) is 18.0 Å². The van der Waals surface area contributed by atoms with E-state index in [-0.39, 0.29) is 5.82 Å². The van der Waals surface area contributed by atoms with Crippen molar-refractivity contribution in [3.63, 3.8) is 0 Å². The Balaban J connectivity index is 2.90. The summed E-state index contributed by atoms with van der Waals surface area (Å²) in [7, 11) is 0. The van der Waals surface area contributed by atoms with Crippen LogP contribution in [0.5, 0.6) is 0 Å². The van der Waals surface area contributed by atoms with Crippen molar-refractivity contribution in [2.24, 2.45) is 0 Å². The van der Waals surface area contributed by atoms with Gasteiger partial charge < -0.3 is 4.74 Å². The monoisotopic (exact) mass is 181 g/mol. The molecule has 0 N–H and O–H groups in total. The van der Waals surface area contributed by atoms with Gasteiger partial charge in [0, 0.05) is 0 Å². The van der Waals surface area contributed by atoms with Gasteiger partial charge in [0.2, 0.25) is 0 Å². The van der Waals surface area contributed by atoms with E-state index in [1.54, 1.807) is 20.8 Å².